The summed E-state index contributed by atoms with van der Waals surface area (Å²) in [5.41, 5.74) is 2.59. The number of aromatic nitrogens is 2. The standard InChI is InChI=1S/C25H24N4O3/c30-23(27-12-8-17-13-28-19-4-2-1-3-18(17)19)21-20-5-9-25(32-20)15-29(24(31)22(21)25)14-16-6-10-26-11-7-16/h1-7,9-11,13,20-22,28H,8,12,14-15H2,(H,27,30)/t20-,21+,22+,25-/m0/s1. The number of ether oxygens (including phenoxy) is 1. The monoisotopic (exact) mass is 428 g/mol. The van der Waals surface area contributed by atoms with E-state index in [2.05, 4.69) is 21.4 Å². The van der Waals surface area contributed by atoms with Crippen molar-refractivity contribution in [1.29, 1.82) is 0 Å². The lowest BCUT2D eigenvalue weighted by Gasteiger charge is -2.23. The first-order chi connectivity index (χ1) is 15.6. The first-order valence-corrected chi connectivity index (χ1v) is 11.0. The minimum absolute atomic E-state index is 0.00885. The lowest BCUT2D eigenvalue weighted by atomic mass is 9.77. The topological polar surface area (TPSA) is 87.3 Å². The van der Waals surface area contributed by atoms with Gasteiger partial charge in [0.25, 0.3) is 0 Å². The summed E-state index contributed by atoms with van der Waals surface area (Å²) in [7, 11) is 0. The van der Waals surface area contributed by atoms with Crippen LogP contribution in [0.15, 0.2) is 67.1 Å². The van der Waals surface area contributed by atoms with Crippen molar-refractivity contribution in [2.24, 2.45) is 11.8 Å². The average Bonchev–Trinajstić information content (AvgIpc) is 3.55. The number of likely N-dealkylation sites (tertiary alicyclic amines) is 1. The van der Waals surface area contributed by atoms with E-state index in [1.165, 1.54) is 10.9 Å². The van der Waals surface area contributed by atoms with Gasteiger partial charge in [0.15, 0.2) is 0 Å². The van der Waals surface area contributed by atoms with Crippen molar-refractivity contribution < 1.29 is 14.3 Å². The molecule has 162 valence electrons. The normalized spacial score (nSPS) is 27.9. The highest BCUT2D eigenvalue weighted by atomic mass is 16.5. The first-order valence-electron chi connectivity index (χ1n) is 11.0. The fourth-order valence-electron chi connectivity index (χ4n) is 5.50. The summed E-state index contributed by atoms with van der Waals surface area (Å²) < 4.78 is 6.21. The molecule has 3 aliphatic heterocycles. The summed E-state index contributed by atoms with van der Waals surface area (Å²) in [4.78, 5) is 35.6. The summed E-state index contributed by atoms with van der Waals surface area (Å²) in [6.45, 7) is 1.49. The largest absolute Gasteiger partial charge is 0.361 e. The molecule has 3 aromatic rings. The third-order valence-corrected chi connectivity index (χ3v) is 6.97. The molecule has 2 fully saturated rings. The van der Waals surface area contributed by atoms with Crippen molar-refractivity contribution in [3.05, 3.63) is 78.3 Å². The van der Waals surface area contributed by atoms with E-state index in [1.54, 1.807) is 17.3 Å². The Morgan fingerprint density at radius 1 is 1.25 bits per heavy atom. The fourth-order valence-corrected chi connectivity index (χ4v) is 5.50. The van der Waals surface area contributed by atoms with E-state index in [0.717, 1.165) is 17.5 Å². The van der Waals surface area contributed by atoms with Crippen molar-refractivity contribution in [2.75, 3.05) is 13.1 Å². The summed E-state index contributed by atoms with van der Waals surface area (Å²) in [6.07, 6.45) is 9.77. The highest BCUT2D eigenvalue weighted by Gasteiger charge is 2.66. The minimum Gasteiger partial charge on any atom is -0.361 e. The smallest absolute Gasteiger partial charge is 0.230 e. The third-order valence-electron chi connectivity index (χ3n) is 6.97. The number of hydrogen-bond acceptors (Lipinski definition) is 4. The van der Waals surface area contributed by atoms with E-state index in [4.69, 9.17) is 4.74 Å². The van der Waals surface area contributed by atoms with Crippen LogP contribution in [0.3, 0.4) is 0 Å². The zero-order valence-corrected chi connectivity index (χ0v) is 17.5. The number of amides is 2. The average molecular weight is 428 g/mol. The van der Waals surface area contributed by atoms with Crippen LogP contribution in [0, 0.1) is 11.8 Å². The van der Waals surface area contributed by atoms with Gasteiger partial charge in [0, 0.05) is 42.6 Å². The lowest BCUT2D eigenvalue weighted by Crippen LogP contribution is -2.44. The molecule has 32 heavy (non-hydrogen) atoms. The van der Waals surface area contributed by atoms with Crippen molar-refractivity contribution in [1.82, 2.24) is 20.2 Å². The van der Waals surface area contributed by atoms with Crippen LogP contribution in [0.25, 0.3) is 10.9 Å². The van der Waals surface area contributed by atoms with E-state index in [-0.39, 0.29) is 17.9 Å². The Morgan fingerprint density at radius 2 is 2.09 bits per heavy atom. The number of carbonyl (C=O) groups is 2. The molecule has 6 rings (SSSR count). The molecule has 2 amide bonds. The van der Waals surface area contributed by atoms with Gasteiger partial charge in [-0.05, 0) is 35.7 Å². The van der Waals surface area contributed by atoms with Gasteiger partial charge in [-0.15, -0.1) is 0 Å². The number of rotatable bonds is 6. The molecule has 0 unspecified atom stereocenters. The number of carbonyl (C=O) groups excluding carboxylic acids is 2. The maximum absolute atomic E-state index is 13.3. The number of hydrogen-bond donors (Lipinski definition) is 2. The molecule has 1 aromatic carbocycles. The molecule has 2 N–H and O–H groups in total. The molecular weight excluding hydrogens is 404 g/mol. The third kappa shape index (κ3) is 2.96. The maximum Gasteiger partial charge on any atom is 0.230 e. The van der Waals surface area contributed by atoms with Crippen LogP contribution in [-0.4, -0.2) is 51.5 Å². The van der Waals surface area contributed by atoms with Gasteiger partial charge in [0.2, 0.25) is 11.8 Å². The van der Waals surface area contributed by atoms with Crippen LogP contribution in [0.1, 0.15) is 11.1 Å². The van der Waals surface area contributed by atoms with Crippen molar-refractivity contribution >= 4 is 22.7 Å². The van der Waals surface area contributed by atoms with Crippen molar-refractivity contribution in [3.63, 3.8) is 0 Å². The second-order valence-corrected chi connectivity index (χ2v) is 8.85. The summed E-state index contributed by atoms with van der Waals surface area (Å²) in [5, 5.41) is 4.23. The van der Waals surface area contributed by atoms with Gasteiger partial charge in [-0.1, -0.05) is 30.4 Å². The Bertz CT molecular complexity index is 1220. The maximum atomic E-state index is 13.3. The number of para-hydroxylation sites is 1. The van der Waals surface area contributed by atoms with Crippen LogP contribution in [-0.2, 0) is 27.3 Å². The molecule has 0 radical (unpaired) electrons. The molecule has 7 heteroatoms. The molecule has 3 aliphatic rings. The fraction of sp³-hybridized carbons (Fsp3) is 0.320. The van der Waals surface area contributed by atoms with Gasteiger partial charge in [-0.3, -0.25) is 14.6 Å². The number of nitrogens with one attached hydrogen (secondary N) is 2. The predicted octanol–water partition coefficient (Wildman–Crippen LogP) is 2.20. The van der Waals surface area contributed by atoms with Crippen molar-refractivity contribution in [2.45, 2.75) is 24.7 Å². The SMILES string of the molecule is O=C(NCCc1c[nH]c2ccccc12)[C@@H]1[C@@H]2C=C[C@@]3(CN(Cc4ccncc4)C(=O)[C@@H]13)O2. The Morgan fingerprint density at radius 3 is 2.97 bits per heavy atom. The molecule has 0 saturated carbocycles. The summed E-state index contributed by atoms with van der Waals surface area (Å²) >= 11 is 0. The molecular formula is C25H24N4O3. The van der Waals surface area contributed by atoms with E-state index >= 15 is 0 Å². The Labute approximate surface area is 185 Å². The number of pyridine rings is 1. The van der Waals surface area contributed by atoms with Crippen LogP contribution >= 0.6 is 0 Å². The van der Waals surface area contributed by atoms with Crippen LogP contribution < -0.4 is 5.32 Å². The van der Waals surface area contributed by atoms with Crippen molar-refractivity contribution in [3.8, 4) is 0 Å². The highest BCUT2D eigenvalue weighted by molar-refractivity contribution is 5.93. The molecule has 2 saturated heterocycles. The molecule has 7 nitrogen and oxygen atoms in total. The summed E-state index contributed by atoms with van der Waals surface area (Å²) in [5.74, 6) is -1.07. The van der Waals surface area contributed by atoms with Gasteiger partial charge in [0.05, 0.1) is 24.5 Å². The number of nitrogens with zero attached hydrogens (tertiary/aromatic N) is 2. The number of benzene rings is 1. The van der Waals surface area contributed by atoms with Crippen LogP contribution in [0.5, 0.6) is 0 Å². The van der Waals surface area contributed by atoms with Crippen LogP contribution in [0.2, 0.25) is 0 Å². The predicted molar refractivity (Wildman–Crippen MR) is 118 cm³/mol. The molecule has 0 aliphatic carbocycles. The molecule has 1 spiro atoms. The van der Waals surface area contributed by atoms with Gasteiger partial charge in [-0.2, -0.15) is 0 Å². The number of H-pyrrole nitrogens is 1. The van der Waals surface area contributed by atoms with E-state index in [0.29, 0.717) is 19.6 Å². The second kappa shape index (κ2) is 7.31. The van der Waals surface area contributed by atoms with Gasteiger partial charge in [0.1, 0.15) is 5.60 Å². The number of fused-ring (bicyclic) bond motifs is 2. The van der Waals surface area contributed by atoms with E-state index in [9.17, 15) is 9.59 Å². The molecule has 2 bridgehead atoms. The number of aromatic amines is 1. The molecule has 2 aromatic heterocycles. The Hall–Kier alpha value is -3.45. The first kappa shape index (κ1) is 19.3. The van der Waals surface area contributed by atoms with E-state index < -0.39 is 17.4 Å². The van der Waals surface area contributed by atoms with E-state index in [1.807, 2.05) is 48.7 Å². The van der Waals surface area contributed by atoms with Gasteiger partial charge in [-0.25, -0.2) is 0 Å². The molecule has 4 atom stereocenters. The Balaban J connectivity index is 1.15. The van der Waals surface area contributed by atoms with Crippen LogP contribution in [0.4, 0.5) is 0 Å². The van der Waals surface area contributed by atoms with Gasteiger partial charge >= 0.3 is 0 Å². The summed E-state index contributed by atoms with van der Waals surface area (Å²) in [6, 6.07) is 11.9. The zero-order valence-electron chi connectivity index (χ0n) is 17.5. The quantitative estimate of drug-likeness (QED) is 0.590. The highest BCUT2D eigenvalue weighted by Crippen LogP contribution is 2.52. The second-order valence-electron chi connectivity index (χ2n) is 8.85. The zero-order chi connectivity index (χ0) is 21.7. The Kier molecular flexibility index (Phi) is 4.40. The molecule has 5 heterocycles. The van der Waals surface area contributed by atoms with Gasteiger partial charge < -0.3 is 19.9 Å². The minimum atomic E-state index is -0.687. The lowest BCUT2D eigenvalue weighted by molar-refractivity contribution is -0.137.